The van der Waals surface area contributed by atoms with Crippen molar-refractivity contribution in [2.75, 3.05) is 6.26 Å². The molecule has 0 radical (unpaired) electrons. The highest BCUT2D eigenvalue weighted by Gasteiger charge is 2.08. The van der Waals surface area contributed by atoms with Crippen molar-refractivity contribution < 1.29 is 17.7 Å². The standard InChI is InChI=1S/C10H14O4S/c1-7-4-9(14-15(3,12)13)5-8(2)10(7)6-11/h4-5,11H,6H2,1-3H3. The van der Waals surface area contributed by atoms with Crippen molar-refractivity contribution in [1.82, 2.24) is 0 Å². The van der Waals surface area contributed by atoms with Crippen molar-refractivity contribution >= 4 is 10.1 Å². The Hall–Kier alpha value is -1.07. The van der Waals surface area contributed by atoms with E-state index in [1.54, 1.807) is 26.0 Å². The van der Waals surface area contributed by atoms with Crippen LogP contribution in [-0.2, 0) is 16.7 Å². The van der Waals surface area contributed by atoms with Crippen LogP contribution in [0.15, 0.2) is 12.1 Å². The molecule has 0 fully saturated rings. The lowest BCUT2D eigenvalue weighted by Crippen LogP contribution is -2.06. The highest BCUT2D eigenvalue weighted by Crippen LogP contribution is 2.22. The largest absolute Gasteiger partial charge is 0.392 e. The predicted octanol–water partition coefficient (Wildman–Crippen LogP) is 1.13. The summed E-state index contributed by atoms with van der Waals surface area (Å²) in [5.41, 5.74) is 2.43. The summed E-state index contributed by atoms with van der Waals surface area (Å²) in [6, 6.07) is 3.19. The minimum Gasteiger partial charge on any atom is -0.392 e. The van der Waals surface area contributed by atoms with E-state index in [1.165, 1.54) is 0 Å². The molecule has 0 heterocycles. The number of benzene rings is 1. The lowest BCUT2D eigenvalue weighted by Gasteiger charge is -2.10. The highest BCUT2D eigenvalue weighted by molar-refractivity contribution is 7.86. The lowest BCUT2D eigenvalue weighted by atomic mass is 10.0. The molecule has 0 spiro atoms. The first kappa shape index (κ1) is 12.0. The molecule has 1 N–H and O–H groups in total. The number of aryl methyl sites for hydroxylation is 2. The van der Waals surface area contributed by atoms with Gasteiger partial charge in [-0.15, -0.1) is 0 Å². The maximum Gasteiger partial charge on any atom is 0.306 e. The molecule has 84 valence electrons. The SMILES string of the molecule is Cc1cc(OS(C)(=O)=O)cc(C)c1CO. The van der Waals surface area contributed by atoms with Gasteiger partial charge in [0.15, 0.2) is 0 Å². The summed E-state index contributed by atoms with van der Waals surface area (Å²) in [6.07, 6.45) is 0.998. The van der Waals surface area contributed by atoms with Gasteiger partial charge in [-0.2, -0.15) is 8.42 Å². The third kappa shape index (κ3) is 3.21. The van der Waals surface area contributed by atoms with Gasteiger partial charge in [0.2, 0.25) is 0 Å². The molecule has 5 heteroatoms. The van der Waals surface area contributed by atoms with Gasteiger partial charge in [-0.05, 0) is 42.7 Å². The van der Waals surface area contributed by atoms with Gasteiger partial charge in [0.05, 0.1) is 12.9 Å². The molecule has 4 nitrogen and oxygen atoms in total. The Bertz CT molecular complexity index is 439. The second kappa shape index (κ2) is 4.20. The van der Waals surface area contributed by atoms with Crippen LogP contribution in [0.2, 0.25) is 0 Å². The maximum absolute atomic E-state index is 10.9. The Balaban J connectivity index is 3.15. The average Bonchev–Trinajstić information content (AvgIpc) is 1.99. The molecule has 0 aromatic heterocycles. The normalized spacial score (nSPS) is 11.5. The summed E-state index contributed by atoms with van der Waals surface area (Å²) in [6.45, 7) is 3.54. The van der Waals surface area contributed by atoms with Gasteiger partial charge in [-0.1, -0.05) is 0 Å². The number of rotatable bonds is 3. The molecular weight excluding hydrogens is 216 g/mol. The minimum atomic E-state index is -3.49. The molecule has 0 atom stereocenters. The van der Waals surface area contributed by atoms with Gasteiger partial charge >= 0.3 is 10.1 Å². The molecule has 1 aromatic rings. The zero-order chi connectivity index (χ0) is 11.6. The molecule has 1 rings (SSSR count). The van der Waals surface area contributed by atoms with E-state index in [0.29, 0.717) is 0 Å². The molecular formula is C10H14O4S. The van der Waals surface area contributed by atoms with Crippen LogP contribution in [0, 0.1) is 13.8 Å². The lowest BCUT2D eigenvalue weighted by molar-refractivity contribution is 0.280. The molecule has 0 aliphatic rings. The monoisotopic (exact) mass is 230 g/mol. The van der Waals surface area contributed by atoms with E-state index in [1.807, 2.05) is 0 Å². The van der Waals surface area contributed by atoms with Crippen LogP contribution in [0.3, 0.4) is 0 Å². The van der Waals surface area contributed by atoms with Crippen molar-refractivity contribution in [2.45, 2.75) is 20.5 Å². The van der Waals surface area contributed by atoms with Crippen LogP contribution in [0.1, 0.15) is 16.7 Å². The van der Waals surface area contributed by atoms with Gasteiger partial charge in [0.1, 0.15) is 5.75 Å². The quantitative estimate of drug-likeness (QED) is 0.791. The summed E-state index contributed by atoms with van der Waals surface area (Å²) < 4.78 is 26.6. The van der Waals surface area contributed by atoms with Crippen LogP contribution < -0.4 is 4.18 Å². The van der Waals surface area contributed by atoms with Crippen molar-refractivity contribution in [3.8, 4) is 5.75 Å². The van der Waals surface area contributed by atoms with Crippen LogP contribution in [0.4, 0.5) is 0 Å². The van der Waals surface area contributed by atoms with E-state index in [9.17, 15) is 8.42 Å². The summed E-state index contributed by atoms with van der Waals surface area (Å²) in [5, 5.41) is 9.06. The first-order chi connectivity index (χ1) is 6.83. The predicted molar refractivity (Wildman–Crippen MR) is 57.3 cm³/mol. The smallest absolute Gasteiger partial charge is 0.306 e. The molecule has 0 aliphatic heterocycles. The summed E-state index contributed by atoms with van der Waals surface area (Å²) in [7, 11) is -3.49. The van der Waals surface area contributed by atoms with E-state index in [4.69, 9.17) is 9.29 Å². The Morgan fingerprint density at radius 3 is 2.07 bits per heavy atom. The van der Waals surface area contributed by atoms with Crippen LogP contribution in [-0.4, -0.2) is 19.8 Å². The fourth-order valence-corrected chi connectivity index (χ4v) is 1.87. The number of aliphatic hydroxyl groups is 1. The molecule has 0 aliphatic carbocycles. The zero-order valence-electron chi connectivity index (χ0n) is 8.94. The topological polar surface area (TPSA) is 63.6 Å². The molecule has 1 aromatic carbocycles. The van der Waals surface area contributed by atoms with Gasteiger partial charge < -0.3 is 9.29 Å². The fourth-order valence-electron chi connectivity index (χ4n) is 1.43. The molecule has 15 heavy (non-hydrogen) atoms. The van der Waals surface area contributed by atoms with E-state index < -0.39 is 10.1 Å². The third-order valence-corrected chi connectivity index (χ3v) is 2.57. The van der Waals surface area contributed by atoms with Crippen molar-refractivity contribution in [3.63, 3.8) is 0 Å². The summed E-state index contributed by atoms with van der Waals surface area (Å²) in [5.74, 6) is 0.282. The minimum absolute atomic E-state index is 0.0587. The molecule has 0 saturated carbocycles. The van der Waals surface area contributed by atoms with Crippen molar-refractivity contribution in [3.05, 3.63) is 28.8 Å². The summed E-state index contributed by atoms with van der Waals surface area (Å²) >= 11 is 0. The Morgan fingerprint density at radius 1 is 1.27 bits per heavy atom. The van der Waals surface area contributed by atoms with Crippen molar-refractivity contribution in [2.24, 2.45) is 0 Å². The molecule has 0 amide bonds. The Morgan fingerprint density at radius 2 is 1.73 bits per heavy atom. The second-order valence-electron chi connectivity index (χ2n) is 3.48. The van der Waals surface area contributed by atoms with Crippen LogP contribution in [0.5, 0.6) is 5.75 Å². The first-order valence-electron chi connectivity index (χ1n) is 4.44. The van der Waals surface area contributed by atoms with Crippen LogP contribution >= 0.6 is 0 Å². The van der Waals surface area contributed by atoms with Gasteiger partial charge in [0, 0.05) is 0 Å². The molecule has 0 bridgehead atoms. The third-order valence-electron chi connectivity index (χ3n) is 2.08. The average molecular weight is 230 g/mol. The summed E-state index contributed by atoms with van der Waals surface area (Å²) in [4.78, 5) is 0. The first-order valence-corrected chi connectivity index (χ1v) is 6.25. The number of hydrogen-bond donors (Lipinski definition) is 1. The Kier molecular flexibility index (Phi) is 3.36. The Labute approximate surface area is 89.6 Å². The van der Waals surface area contributed by atoms with Crippen LogP contribution in [0.25, 0.3) is 0 Å². The van der Waals surface area contributed by atoms with E-state index >= 15 is 0 Å². The van der Waals surface area contributed by atoms with E-state index in [0.717, 1.165) is 22.9 Å². The maximum atomic E-state index is 10.9. The van der Waals surface area contributed by atoms with Gasteiger partial charge in [-0.3, -0.25) is 0 Å². The van der Waals surface area contributed by atoms with E-state index in [-0.39, 0.29) is 12.4 Å². The van der Waals surface area contributed by atoms with Gasteiger partial charge in [0.25, 0.3) is 0 Å². The van der Waals surface area contributed by atoms with E-state index in [2.05, 4.69) is 0 Å². The molecule has 0 saturated heterocycles. The van der Waals surface area contributed by atoms with Crippen molar-refractivity contribution in [1.29, 1.82) is 0 Å². The number of aliphatic hydroxyl groups excluding tert-OH is 1. The number of hydrogen-bond acceptors (Lipinski definition) is 4. The van der Waals surface area contributed by atoms with Gasteiger partial charge in [-0.25, -0.2) is 0 Å². The highest BCUT2D eigenvalue weighted by atomic mass is 32.2. The fraction of sp³-hybridized carbons (Fsp3) is 0.400. The zero-order valence-corrected chi connectivity index (χ0v) is 9.76. The molecule has 0 unspecified atom stereocenters. The second-order valence-corrected chi connectivity index (χ2v) is 5.06.